The zero-order valence-corrected chi connectivity index (χ0v) is 12.5. The summed E-state index contributed by atoms with van der Waals surface area (Å²) in [5.74, 6) is 0.556. The lowest BCUT2D eigenvalue weighted by molar-refractivity contribution is -0.0688. The molecule has 102 valence electrons. The Hall–Kier alpha value is -0.680. The van der Waals surface area contributed by atoms with Crippen molar-refractivity contribution in [2.45, 2.75) is 25.7 Å². The molecule has 1 aliphatic rings. The molecule has 1 fully saturated rings. The lowest BCUT2D eigenvalue weighted by Gasteiger charge is -2.35. The third-order valence-electron chi connectivity index (χ3n) is 3.27. The average Bonchev–Trinajstić information content (AvgIpc) is 2.80. The van der Waals surface area contributed by atoms with Gasteiger partial charge in [0.2, 0.25) is 0 Å². The van der Waals surface area contributed by atoms with Gasteiger partial charge in [-0.15, -0.1) is 22.9 Å². The van der Waals surface area contributed by atoms with Gasteiger partial charge in [0, 0.05) is 19.0 Å². The molecule has 1 aliphatic heterocycles. The number of rotatable bonds is 3. The van der Waals surface area contributed by atoms with Crippen LogP contribution >= 0.6 is 22.9 Å². The molecule has 5 heteroatoms. The predicted molar refractivity (Wildman–Crippen MR) is 80.0 cm³/mol. The van der Waals surface area contributed by atoms with Crippen molar-refractivity contribution in [1.82, 2.24) is 9.88 Å². The van der Waals surface area contributed by atoms with E-state index in [0.717, 1.165) is 25.2 Å². The minimum absolute atomic E-state index is 0.139. The average molecular weight is 297 g/mol. The predicted octanol–water partition coefficient (Wildman–Crippen LogP) is 3.12. The fraction of sp³-hybridized carbons (Fsp3) is 0.500. The highest BCUT2D eigenvalue weighted by molar-refractivity contribution is 7.18. The van der Waals surface area contributed by atoms with Gasteiger partial charge in [-0.1, -0.05) is 12.1 Å². The Kier molecular flexibility index (Phi) is 4.03. The van der Waals surface area contributed by atoms with Gasteiger partial charge in [0.15, 0.2) is 0 Å². The summed E-state index contributed by atoms with van der Waals surface area (Å²) in [7, 11) is 0. The minimum atomic E-state index is 0.139. The van der Waals surface area contributed by atoms with E-state index in [1.54, 1.807) is 11.3 Å². The molecule has 2 atom stereocenters. The number of fused-ring (bicyclic) bond motifs is 1. The zero-order valence-electron chi connectivity index (χ0n) is 10.9. The van der Waals surface area contributed by atoms with Crippen LogP contribution in [0.25, 0.3) is 10.2 Å². The summed E-state index contributed by atoms with van der Waals surface area (Å²) in [6.07, 6.45) is 0.381. The Morgan fingerprint density at radius 3 is 3.05 bits per heavy atom. The highest BCUT2D eigenvalue weighted by Gasteiger charge is 2.25. The second-order valence-electron chi connectivity index (χ2n) is 4.99. The van der Waals surface area contributed by atoms with Gasteiger partial charge in [-0.25, -0.2) is 4.98 Å². The van der Waals surface area contributed by atoms with Crippen LogP contribution < -0.4 is 0 Å². The highest BCUT2D eigenvalue weighted by Crippen LogP contribution is 2.24. The van der Waals surface area contributed by atoms with E-state index in [-0.39, 0.29) is 12.2 Å². The Balaban J connectivity index is 1.73. The van der Waals surface area contributed by atoms with Gasteiger partial charge in [0.25, 0.3) is 0 Å². The first-order valence-electron chi connectivity index (χ1n) is 6.53. The first-order valence-corrected chi connectivity index (χ1v) is 7.88. The number of ether oxygens (including phenoxy) is 1. The highest BCUT2D eigenvalue weighted by atomic mass is 35.5. The molecular formula is C14H17ClN2OS. The van der Waals surface area contributed by atoms with Crippen LogP contribution in [-0.4, -0.2) is 41.1 Å². The van der Waals surface area contributed by atoms with Crippen molar-refractivity contribution in [2.24, 2.45) is 0 Å². The molecule has 0 N–H and O–H groups in total. The molecule has 1 aromatic heterocycles. The van der Waals surface area contributed by atoms with E-state index in [9.17, 15) is 0 Å². The summed E-state index contributed by atoms with van der Waals surface area (Å²) < 4.78 is 7.03. The van der Waals surface area contributed by atoms with E-state index in [1.165, 1.54) is 9.71 Å². The fourth-order valence-electron chi connectivity index (χ4n) is 2.53. The van der Waals surface area contributed by atoms with Gasteiger partial charge in [-0.3, -0.25) is 4.90 Å². The quantitative estimate of drug-likeness (QED) is 0.814. The summed E-state index contributed by atoms with van der Waals surface area (Å²) in [4.78, 5) is 7.07. The molecule has 0 saturated carbocycles. The number of thiazole rings is 1. The van der Waals surface area contributed by atoms with Crippen molar-refractivity contribution in [2.75, 3.05) is 19.0 Å². The smallest absolute Gasteiger partial charge is 0.108 e. The van der Waals surface area contributed by atoms with Gasteiger partial charge in [-0.05, 0) is 19.1 Å². The van der Waals surface area contributed by atoms with Crippen molar-refractivity contribution in [1.29, 1.82) is 0 Å². The molecule has 3 nitrogen and oxygen atoms in total. The molecule has 0 radical (unpaired) electrons. The maximum atomic E-state index is 5.91. The maximum absolute atomic E-state index is 5.91. The largest absolute Gasteiger partial charge is 0.371 e. The van der Waals surface area contributed by atoms with Crippen LogP contribution in [0.15, 0.2) is 24.3 Å². The standard InChI is InChI=1S/C14H17ClN2OS/c1-10-7-17(8-11(6-15)18-10)9-14-16-12-4-2-3-5-13(12)19-14/h2-5,10-11H,6-9H2,1H3. The minimum Gasteiger partial charge on any atom is -0.371 e. The Morgan fingerprint density at radius 1 is 1.42 bits per heavy atom. The second kappa shape index (κ2) is 5.75. The Labute approximate surface area is 122 Å². The summed E-state index contributed by atoms with van der Waals surface area (Å²) in [6, 6.07) is 8.29. The van der Waals surface area contributed by atoms with E-state index in [4.69, 9.17) is 16.3 Å². The van der Waals surface area contributed by atoms with E-state index in [1.807, 2.05) is 6.07 Å². The van der Waals surface area contributed by atoms with Crippen molar-refractivity contribution in [3.63, 3.8) is 0 Å². The van der Waals surface area contributed by atoms with Gasteiger partial charge in [0.05, 0.1) is 29.0 Å². The molecule has 0 bridgehead atoms. The molecule has 1 aromatic carbocycles. The lowest BCUT2D eigenvalue weighted by Crippen LogP contribution is -2.46. The molecule has 2 unspecified atom stereocenters. The third-order valence-corrected chi connectivity index (χ3v) is 4.64. The van der Waals surface area contributed by atoms with Crippen LogP contribution in [0.4, 0.5) is 0 Å². The molecule has 2 heterocycles. The molecule has 0 spiro atoms. The van der Waals surface area contributed by atoms with E-state index in [2.05, 4.69) is 35.0 Å². The third kappa shape index (κ3) is 3.08. The number of halogens is 1. The number of hydrogen-bond donors (Lipinski definition) is 0. The van der Waals surface area contributed by atoms with Gasteiger partial charge in [0.1, 0.15) is 5.01 Å². The van der Waals surface area contributed by atoms with Gasteiger partial charge >= 0.3 is 0 Å². The van der Waals surface area contributed by atoms with E-state index >= 15 is 0 Å². The number of aromatic nitrogens is 1. The van der Waals surface area contributed by atoms with Crippen molar-refractivity contribution >= 4 is 33.2 Å². The Bertz CT molecular complexity index is 526. The topological polar surface area (TPSA) is 25.4 Å². The van der Waals surface area contributed by atoms with E-state index in [0.29, 0.717) is 5.88 Å². The monoisotopic (exact) mass is 296 g/mol. The lowest BCUT2D eigenvalue weighted by atomic mass is 10.2. The van der Waals surface area contributed by atoms with Crippen LogP contribution in [0, 0.1) is 0 Å². The molecule has 3 rings (SSSR count). The number of para-hydroxylation sites is 1. The summed E-state index contributed by atoms with van der Waals surface area (Å²) in [6.45, 7) is 4.83. The second-order valence-corrected chi connectivity index (χ2v) is 6.42. The number of alkyl halides is 1. The van der Waals surface area contributed by atoms with Crippen LogP contribution in [-0.2, 0) is 11.3 Å². The van der Waals surface area contributed by atoms with Crippen molar-refractivity contribution < 1.29 is 4.74 Å². The maximum Gasteiger partial charge on any atom is 0.108 e. The summed E-state index contributed by atoms with van der Waals surface area (Å²) in [5.41, 5.74) is 1.10. The molecular weight excluding hydrogens is 280 g/mol. The molecule has 1 saturated heterocycles. The number of morpholine rings is 1. The van der Waals surface area contributed by atoms with Crippen molar-refractivity contribution in [3.8, 4) is 0 Å². The molecule has 19 heavy (non-hydrogen) atoms. The fourth-order valence-corrected chi connectivity index (χ4v) is 3.71. The van der Waals surface area contributed by atoms with Crippen LogP contribution in [0.3, 0.4) is 0 Å². The number of benzene rings is 1. The van der Waals surface area contributed by atoms with E-state index < -0.39 is 0 Å². The molecule has 2 aromatic rings. The number of hydrogen-bond acceptors (Lipinski definition) is 4. The van der Waals surface area contributed by atoms with Crippen LogP contribution in [0.2, 0.25) is 0 Å². The van der Waals surface area contributed by atoms with Gasteiger partial charge in [-0.2, -0.15) is 0 Å². The zero-order chi connectivity index (χ0) is 13.2. The first kappa shape index (κ1) is 13.3. The first-order chi connectivity index (χ1) is 9.24. The normalized spacial score (nSPS) is 24.9. The van der Waals surface area contributed by atoms with Gasteiger partial charge < -0.3 is 4.74 Å². The Morgan fingerprint density at radius 2 is 2.26 bits per heavy atom. The van der Waals surface area contributed by atoms with Crippen LogP contribution in [0.5, 0.6) is 0 Å². The SMILES string of the molecule is CC1CN(Cc2nc3ccccc3s2)CC(CCl)O1. The summed E-state index contributed by atoms with van der Waals surface area (Å²) in [5, 5.41) is 1.17. The van der Waals surface area contributed by atoms with Crippen LogP contribution in [0.1, 0.15) is 11.9 Å². The number of nitrogens with zero attached hydrogens (tertiary/aromatic N) is 2. The summed E-state index contributed by atoms with van der Waals surface area (Å²) >= 11 is 7.69. The van der Waals surface area contributed by atoms with Crippen molar-refractivity contribution in [3.05, 3.63) is 29.3 Å². The molecule has 0 aliphatic carbocycles. The molecule has 0 amide bonds.